The first kappa shape index (κ1) is 10.2. The quantitative estimate of drug-likeness (QED) is 0.569. The van der Waals surface area contributed by atoms with Gasteiger partial charge in [-0.2, -0.15) is 0 Å². The summed E-state index contributed by atoms with van der Waals surface area (Å²) < 4.78 is 0. The van der Waals surface area contributed by atoms with Crippen molar-refractivity contribution in [1.29, 1.82) is 0 Å². The normalized spacial score (nSPS) is 12.2. The number of aliphatic hydroxyl groups is 1. The molecular weight excluding hydrogens is 142 g/mol. The van der Waals surface area contributed by atoms with Gasteiger partial charge in [0, 0.05) is 6.54 Å². The molecule has 0 saturated heterocycles. The van der Waals surface area contributed by atoms with Crippen LogP contribution in [0.15, 0.2) is 12.7 Å². The van der Waals surface area contributed by atoms with E-state index >= 15 is 0 Å². The summed E-state index contributed by atoms with van der Waals surface area (Å²) in [4.78, 5) is 10.6. The number of amides is 1. The molecule has 0 fully saturated rings. The zero-order valence-electron chi connectivity index (χ0n) is 6.84. The second kappa shape index (κ2) is 5.92. The Labute approximate surface area is 67.1 Å². The minimum absolute atomic E-state index is 0.187. The van der Waals surface area contributed by atoms with Gasteiger partial charge in [-0.1, -0.05) is 13.5 Å². The second-order valence-electron chi connectivity index (χ2n) is 2.35. The van der Waals surface area contributed by atoms with Gasteiger partial charge < -0.3 is 10.4 Å². The summed E-state index contributed by atoms with van der Waals surface area (Å²) in [5.41, 5.74) is 0. The Hall–Kier alpha value is -0.830. The average Bonchev–Trinajstić information content (AvgIpc) is 2.04. The third-order valence-corrected chi connectivity index (χ3v) is 1.43. The molecule has 0 radical (unpaired) electrons. The fourth-order valence-electron chi connectivity index (χ4n) is 0.638. The van der Waals surface area contributed by atoms with Crippen LogP contribution >= 0.6 is 0 Å². The molecule has 1 amide bonds. The Morgan fingerprint density at radius 3 is 2.91 bits per heavy atom. The SMILES string of the molecule is C=CC(=O)NCCC(O)CC. The summed E-state index contributed by atoms with van der Waals surface area (Å²) in [6, 6.07) is 0. The zero-order chi connectivity index (χ0) is 8.69. The molecule has 0 aliphatic carbocycles. The van der Waals surface area contributed by atoms with Crippen molar-refractivity contribution < 1.29 is 9.90 Å². The Bertz CT molecular complexity index is 134. The van der Waals surface area contributed by atoms with Crippen molar-refractivity contribution in [3.05, 3.63) is 12.7 Å². The maximum absolute atomic E-state index is 10.6. The molecule has 2 N–H and O–H groups in total. The lowest BCUT2D eigenvalue weighted by Gasteiger charge is -2.06. The highest BCUT2D eigenvalue weighted by molar-refractivity contribution is 5.86. The molecule has 0 heterocycles. The van der Waals surface area contributed by atoms with Gasteiger partial charge in [0.15, 0.2) is 0 Å². The molecule has 0 aromatic rings. The maximum atomic E-state index is 10.6. The average molecular weight is 157 g/mol. The van der Waals surface area contributed by atoms with Crippen LogP contribution in [0.5, 0.6) is 0 Å². The van der Waals surface area contributed by atoms with E-state index in [0.29, 0.717) is 13.0 Å². The predicted molar refractivity (Wildman–Crippen MR) is 44.1 cm³/mol. The Morgan fingerprint density at radius 1 is 1.82 bits per heavy atom. The molecule has 0 aliphatic rings. The summed E-state index contributed by atoms with van der Waals surface area (Å²) in [6.07, 6.45) is 2.25. The van der Waals surface area contributed by atoms with Crippen LogP contribution in [0.25, 0.3) is 0 Å². The second-order valence-corrected chi connectivity index (χ2v) is 2.35. The van der Waals surface area contributed by atoms with Crippen molar-refractivity contribution in [2.75, 3.05) is 6.54 Å². The number of carbonyl (C=O) groups excluding carboxylic acids is 1. The molecule has 64 valence electrons. The van der Waals surface area contributed by atoms with E-state index in [-0.39, 0.29) is 12.0 Å². The number of hydrogen-bond acceptors (Lipinski definition) is 2. The van der Waals surface area contributed by atoms with Crippen LogP contribution in [0.3, 0.4) is 0 Å². The number of hydrogen-bond donors (Lipinski definition) is 2. The standard InChI is InChI=1S/C8H15NO2/c1-3-7(10)5-6-9-8(11)4-2/h4,7,10H,2-3,5-6H2,1H3,(H,9,11). The molecule has 1 atom stereocenters. The first-order valence-electron chi connectivity index (χ1n) is 3.79. The summed E-state index contributed by atoms with van der Waals surface area (Å²) in [6.45, 7) is 5.72. The summed E-state index contributed by atoms with van der Waals surface area (Å²) in [5, 5.41) is 11.6. The molecule has 0 bridgehead atoms. The maximum Gasteiger partial charge on any atom is 0.243 e. The topological polar surface area (TPSA) is 49.3 Å². The van der Waals surface area contributed by atoms with E-state index in [0.717, 1.165) is 6.42 Å². The van der Waals surface area contributed by atoms with Crippen molar-refractivity contribution >= 4 is 5.91 Å². The summed E-state index contributed by atoms with van der Waals surface area (Å²) in [7, 11) is 0. The van der Waals surface area contributed by atoms with Crippen LogP contribution < -0.4 is 5.32 Å². The van der Waals surface area contributed by atoms with E-state index in [9.17, 15) is 4.79 Å². The molecule has 0 aromatic heterocycles. The van der Waals surface area contributed by atoms with Gasteiger partial charge in [-0.25, -0.2) is 0 Å². The van der Waals surface area contributed by atoms with Crippen molar-refractivity contribution in [1.82, 2.24) is 5.32 Å². The molecule has 0 aliphatic heterocycles. The molecule has 0 spiro atoms. The predicted octanol–water partition coefficient (Wildman–Crippen LogP) is 0.450. The van der Waals surface area contributed by atoms with Crippen molar-refractivity contribution in [2.24, 2.45) is 0 Å². The molecule has 0 saturated carbocycles. The van der Waals surface area contributed by atoms with Crippen LogP contribution in [0.4, 0.5) is 0 Å². The van der Waals surface area contributed by atoms with Gasteiger partial charge in [0.2, 0.25) is 5.91 Å². The van der Waals surface area contributed by atoms with Gasteiger partial charge in [0.1, 0.15) is 0 Å². The third kappa shape index (κ3) is 5.61. The molecule has 3 heteroatoms. The van der Waals surface area contributed by atoms with Gasteiger partial charge in [0.25, 0.3) is 0 Å². The largest absolute Gasteiger partial charge is 0.393 e. The lowest BCUT2D eigenvalue weighted by Crippen LogP contribution is -2.24. The Morgan fingerprint density at radius 2 is 2.45 bits per heavy atom. The summed E-state index contributed by atoms with van der Waals surface area (Å²) in [5.74, 6) is -0.187. The lowest BCUT2D eigenvalue weighted by atomic mass is 10.2. The highest BCUT2D eigenvalue weighted by atomic mass is 16.3. The van der Waals surface area contributed by atoms with Crippen LogP contribution in [0.2, 0.25) is 0 Å². The van der Waals surface area contributed by atoms with Crippen LogP contribution in [0.1, 0.15) is 19.8 Å². The van der Waals surface area contributed by atoms with E-state index in [2.05, 4.69) is 11.9 Å². The Balaban J connectivity index is 3.26. The minimum atomic E-state index is -0.305. The van der Waals surface area contributed by atoms with E-state index in [1.165, 1.54) is 6.08 Å². The first-order valence-corrected chi connectivity index (χ1v) is 3.79. The van der Waals surface area contributed by atoms with E-state index in [1.54, 1.807) is 0 Å². The molecule has 3 nitrogen and oxygen atoms in total. The number of rotatable bonds is 5. The molecule has 11 heavy (non-hydrogen) atoms. The minimum Gasteiger partial charge on any atom is -0.393 e. The fourth-order valence-corrected chi connectivity index (χ4v) is 0.638. The van der Waals surface area contributed by atoms with E-state index < -0.39 is 0 Å². The first-order chi connectivity index (χ1) is 5.20. The Kier molecular flexibility index (Phi) is 5.47. The smallest absolute Gasteiger partial charge is 0.243 e. The van der Waals surface area contributed by atoms with Crippen molar-refractivity contribution in [3.63, 3.8) is 0 Å². The molecule has 0 rings (SSSR count). The van der Waals surface area contributed by atoms with E-state index in [1.807, 2.05) is 6.92 Å². The summed E-state index contributed by atoms with van der Waals surface area (Å²) >= 11 is 0. The van der Waals surface area contributed by atoms with Gasteiger partial charge in [0.05, 0.1) is 6.10 Å². The van der Waals surface area contributed by atoms with Crippen LogP contribution in [0, 0.1) is 0 Å². The molecule has 1 unspecified atom stereocenters. The van der Waals surface area contributed by atoms with Crippen molar-refractivity contribution in [3.8, 4) is 0 Å². The lowest BCUT2D eigenvalue weighted by molar-refractivity contribution is -0.116. The van der Waals surface area contributed by atoms with Crippen LogP contribution in [-0.2, 0) is 4.79 Å². The number of aliphatic hydroxyl groups excluding tert-OH is 1. The highest BCUT2D eigenvalue weighted by Crippen LogP contribution is 1.93. The van der Waals surface area contributed by atoms with Gasteiger partial charge >= 0.3 is 0 Å². The fraction of sp³-hybridized carbons (Fsp3) is 0.625. The van der Waals surface area contributed by atoms with E-state index in [4.69, 9.17) is 5.11 Å². The number of carbonyl (C=O) groups is 1. The number of nitrogens with one attached hydrogen (secondary N) is 1. The monoisotopic (exact) mass is 157 g/mol. The van der Waals surface area contributed by atoms with Gasteiger partial charge in [-0.15, -0.1) is 0 Å². The third-order valence-electron chi connectivity index (χ3n) is 1.43. The van der Waals surface area contributed by atoms with Gasteiger partial charge in [-0.05, 0) is 18.9 Å². The van der Waals surface area contributed by atoms with Crippen LogP contribution in [-0.4, -0.2) is 23.7 Å². The molecular formula is C8H15NO2. The zero-order valence-corrected chi connectivity index (χ0v) is 6.84. The van der Waals surface area contributed by atoms with Gasteiger partial charge in [-0.3, -0.25) is 4.79 Å². The van der Waals surface area contributed by atoms with Crippen molar-refractivity contribution in [2.45, 2.75) is 25.9 Å². The highest BCUT2D eigenvalue weighted by Gasteiger charge is 1.99. The molecule has 0 aromatic carbocycles.